The van der Waals surface area contributed by atoms with Crippen LogP contribution in [0.25, 0.3) is 15.9 Å². The number of hydrogen-bond donors (Lipinski definition) is 1. The van der Waals surface area contributed by atoms with Crippen molar-refractivity contribution >= 4 is 33.4 Å². The Kier molecular flexibility index (Phi) is 6.10. The Morgan fingerprint density at radius 1 is 1.09 bits per heavy atom. The molecule has 0 aliphatic carbocycles. The highest BCUT2D eigenvalue weighted by Crippen LogP contribution is 2.26. The monoisotopic (exact) mass is 480 g/mol. The molecule has 0 radical (unpaired) electrons. The number of aromatic nitrogens is 2. The molecule has 2 aromatic carbocycles. The zero-order valence-electron chi connectivity index (χ0n) is 18.2. The molecule has 2 aromatic heterocycles. The topological polar surface area (TPSA) is 67.2 Å². The molecule has 1 amide bonds. The van der Waals surface area contributed by atoms with Gasteiger partial charge in [-0.15, -0.1) is 11.3 Å². The summed E-state index contributed by atoms with van der Waals surface area (Å²) in [6, 6.07) is 14.6. The quantitative estimate of drug-likeness (QED) is 0.464. The number of para-hydroxylation sites is 1. The summed E-state index contributed by atoms with van der Waals surface area (Å²) in [5, 5.41) is 4.62. The van der Waals surface area contributed by atoms with Gasteiger partial charge in [0.25, 0.3) is 5.56 Å². The molecule has 1 aliphatic rings. The number of carbonyl (C=O) groups is 1. The van der Waals surface area contributed by atoms with E-state index in [-0.39, 0.29) is 29.5 Å². The van der Waals surface area contributed by atoms with E-state index in [9.17, 15) is 18.4 Å². The summed E-state index contributed by atoms with van der Waals surface area (Å²) in [5.74, 6) is -1.16. The number of benzene rings is 2. The van der Waals surface area contributed by atoms with Crippen LogP contribution in [0.2, 0.25) is 0 Å². The largest absolute Gasteiger partial charge is 0.352 e. The fraction of sp³-hybridized carbons (Fsp3) is 0.240. The van der Waals surface area contributed by atoms with Crippen molar-refractivity contribution in [3.63, 3.8) is 0 Å². The van der Waals surface area contributed by atoms with Gasteiger partial charge in [-0.05, 0) is 42.5 Å². The minimum atomic E-state index is -0.677. The van der Waals surface area contributed by atoms with Gasteiger partial charge >= 0.3 is 0 Å². The number of rotatable bonds is 5. The average Bonchev–Trinajstić information content (AvgIpc) is 3.33. The molecule has 5 rings (SSSR count). The highest BCUT2D eigenvalue weighted by molar-refractivity contribution is 7.17. The van der Waals surface area contributed by atoms with E-state index in [0.717, 1.165) is 11.8 Å². The third-order valence-corrected chi connectivity index (χ3v) is 6.99. The summed E-state index contributed by atoms with van der Waals surface area (Å²) in [7, 11) is 0. The average molecular weight is 481 g/mol. The van der Waals surface area contributed by atoms with Crippen molar-refractivity contribution in [1.82, 2.24) is 14.9 Å². The Morgan fingerprint density at radius 3 is 2.59 bits per heavy atom. The van der Waals surface area contributed by atoms with Gasteiger partial charge in [0.2, 0.25) is 11.9 Å². The third kappa shape index (κ3) is 4.31. The zero-order chi connectivity index (χ0) is 23.7. The van der Waals surface area contributed by atoms with E-state index >= 15 is 0 Å². The summed E-state index contributed by atoms with van der Waals surface area (Å²) < 4.78 is 29.2. The van der Waals surface area contributed by atoms with Crippen LogP contribution in [0.1, 0.15) is 18.4 Å². The molecule has 1 saturated heterocycles. The first-order valence-corrected chi connectivity index (χ1v) is 11.9. The fourth-order valence-corrected chi connectivity index (χ4v) is 5.02. The molecule has 1 fully saturated rings. The maximum absolute atomic E-state index is 13.8. The first-order chi connectivity index (χ1) is 16.5. The van der Waals surface area contributed by atoms with Crippen LogP contribution < -0.4 is 15.8 Å². The number of carbonyl (C=O) groups excluding carboxylic acids is 1. The second kappa shape index (κ2) is 9.34. The molecule has 6 nitrogen and oxygen atoms in total. The molecule has 1 N–H and O–H groups in total. The van der Waals surface area contributed by atoms with Crippen LogP contribution in [-0.2, 0) is 11.3 Å². The van der Waals surface area contributed by atoms with Crippen LogP contribution in [-0.4, -0.2) is 28.5 Å². The second-order valence-corrected chi connectivity index (χ2v) is 9.15. The minimum Gasteiger partial charge on any atom is -0.352 e. The van der Waals surface area contributed by atoms with Gasteiger partial charge in [0.05, 0.1) is 11.2 Å². The van der Waals surface area contributed by atoms with Crippen LogP contribution in [0.5, 0.6) is 0 Å². The first-order valence-electron chi connectivity index (χ1n) is 11.0. The van der Waals surface area contributed by atoms with Gasteiger partial charge in [0.15, 0.2) is 0 Å². The van der Waals surface area contributed by atoms with Gasteiger partial charge in [-0.3, -0.25) is 9.59 Å². The summed E-state index contributed by atoms with van der Waals surface area (Å²) in [5.41, 5.74) is 1.54. The summed E-state index contributed by atoms with van der Waals surface area (Å²) in [6.07, 6.45) is 1.15. The number of halogens is 2. The van der Waals surface area contributed by atoms with E-state index in [0.29, 0.717) is 42.1 Å². The Balaban J connectivity index is 1.32. The van der Waals surface area contributed by atoms with Crippen LogP contribution in [0.3, 0.4) is 0 Å². The van der Waals surface area contributed by atoms with Crippen LogP contribution in [0.4, 0.5) is 14.7 Å². The van der Waals surface area contributed by atoms with Crippen LogP contribution >= 0.6 is 11.3 Å². The maximum atomic E-state index is 13.8. The number of amides is 1. The van der Waals surface area contributed by atoms with Crippen molar-refractivity contribution < 1.29 is 13.6 Å². The van der Waals surface area contributed by atoms with E-state index in [1.165, 1.54) is 23.5 Å². The summed E-state index contributed by atoms with van der Waals surface area (Å²) in [6.45, 7) is 1.12. The lowest BCUT2D eigenvalue weighted by Crippen LogP contribution is -2.42. The standard InChI is InChI=1S/C25H22F2N4O2S/c26-18-7-6-17(20(27)14-18)15-28-23(32)16-8-11-30(12-9-16)25-29-21-10-13-34-22(21)24(33)31(25)19-4-2-1-3-5-19/h1-7,10,13-14,16H,8-9,11-12,15H2,(H,28,32). The molecule has 174 valence electrons. The van der Waals surface area contributed by atoms with Gasteiger partial charge in [-0.25, -0.2) is 18.3 Å². The highest BCUT2D eigenvalue weighted by Gasteiger charge is 2.28. The third-order valence-electron chi connectivity index (χ3n) is 6.09. The predicted molar refractivity (Wildman–Crippen MR) is 128 cm³/mol. The number of nitrogens with zero attached hydrogens (tertiary/aromatic N) is 3. The van der Waals surface area contributed by atoms with E-state index in [1.807, 2.05) is 46.7 Å². The van der Waals surface area contributed by atoms with Gasteiger partial charge in [-0.2, -0.15) is 0 Å². The number of thiophene rings is 1. The summed E-state index contributed by atoms with van der Waals surface area (Å²) in [4.78, 5) is 32.8. The Morgan fingerprint density at radius 2 is 1.85 bits per heavy atom. The maximum Gasteiger partial charge on any atom is 0.277 e. The van der Waals surface area contributed by atoms with E-state index < -0.39 is 11.6 Å². The minimum absolute atomic E-state index is 0.00902. The van der Waals surface area contributed by atoms with Crippen molar-refractivity contribution in [3.8, 4) is 5.69 Å². The molecule has 4 aromatic rings. The zero-order valence-corrected chi connectivity index (χ0v) is 19.0. The lowest BCUT2D eigenvalue weighted by atomic mass is 9.96. The number of nitrogens with one attached hydrogen (secondary N) is 1. The molecule has 1 aliphatic heterocycles. The van der Waals surface area contributed by atoms with Crippen molar-refractivity contribution in [1.29, 1.82) is 0 Å². The SMILES string of the molecule is O=C(NCc1ccc(F)cc1F)C1CCN(c2nc3ccsc3c(=O)n2-c2ccccc2)CC1. The molecule has 3 heterocycles. The first kappa shape index (κ1) is 22.2. The molecule has 0 bridgehead atoms. The molecule has 9 heteroatoms. The van der Waals surface area contributed by atoms with Crippen LogP contribution in [0.15, 0.2) is 64.8 Å². The van der Waals surface area contributed by atoms with Crippen LogP contribution in [0, 0.1) is 17.6 Å². The predicted octanol–water partition coefficient (Wildman–Crippen LogP) is 4.26. The number of piperidine rings is 1. The molecular weight excluding hydrogens is 458 g/mol. The van der Waals surface area contributed by atoms with Gasteiger partial charge in [0, 0.05) is 37.2 Å². The van der Waals surface area contributed by atoms with E-state index in [4.69, 9.17) is 4.98 Å². The second-order valence-electron chi connectivity index (χ2n) is 8.24. The Bertz CT molecular complexity index is 1400. The highest BCUT2D eigenvalue weighted by atomic mass is 32.1. The summed E-state index contributed by atoms with van der Waals surface area (Å²) >= 11 is 1.37. The molecule has 0 atom stereocenters. The molecular formula is C25H22F2N4O2S. The smallest absolute Gasteiger partial charge is 0.277 e. The number of anilines is 1. The van der Waals surface area contributed by atoms with Crippen molar-refractivity contribution in [2.75, 3.05) is 18.0 Å². The van der Waals surface area contributed by atoms with Gasteiger partial charge < -0.3 is 10.2 Å². The molecule has 34 heavy (non-hydrogen) atoms. The lowest BCUT2D eigenvalue weighted by Gasteiger charge is -2.33. The molecule has 0 spiro atoms. The van der Waals surface area contributed by atoms with E-state index in [1.54, 1.807) is 4.57 Å². The Hall–Kier alpha value is -3.59. The van der Waals surface area contributed by atoms with Gasteiger partial charge in [-0.1, -0.05) is 24.3 Å². The van der Waals surface area contributed by atoms with E-state index in [2.05, 4.69) is 5.32 Å². The Labute approximate surface area is 198 Å². The normalized spacial score (nSPS) is 14.5. The number of hydrogen-bond acceptors (Lipinski definition) is 5. The fourth-order valence-electron chi connectivity index (χ4n) is 4.26. The number of fused-ring (bicyclic) bond motifs is 1. The molecule has 0 unspecified atom stereocenters. The van der Waals surface area contributed by atoms with Crippen molar-refractivity contribution in [2.45, 2.75) is 19.4 Å². The lowest BCUT2D eigenvalue weighted by molar-refractivity contribution is -0.125. The van der Waals surface area contributed by atoms with Crippen molar-refractivity contribution in [2.24, 2.45) is 5.92 Å². The molecule has 0 saturated carbocycles. The van der Waals surface area contributed by atoms with Crippen molar-refractivity contribution in [3.05, 3.63) is 87.5 Å². The van der Waals surface area contributed by atoms with Gasteiger partial charge in [0.1, 0.15) is 16.3 Å².